The Kier molecular flexibility index (Phi) is 2.84. The third-order valence-corrected chi connectivity index (χ3v) is 6.57. The molecule has 0 saturated heterocycles. The van der Waals surface area contributed by atoms with Crippen LogP contribution < -0.4 is 0 Å². The van der Waals surface area contributed by atoms with Crippen LogP contribution in [0.4, 0.5) is 0 Å². The predicted molar refractivity (Wildman–Crippen MR) is 78.3 cm³/mol. The van der Waals surface area contributed by atoms with Gasteiger partial charge in [0.1, 0.15) is 0 Å². The Labute approximate surface area is 120 Å². The predicted octanol–water partition coefficient (Wildman–Crippen LogP) is 4.47. The molecule has 0 spiro atoms. The number of fused-ring (bicyclic) bond motifs is 4. The minimum absolute atomic E-state index is 0.370. The van der Waals surface area contributed by atoms with E-state index in [9.17, 15) is 9.90 Å². The van der Waals surface area contributed by atoms with Crippen molar-refractivity contribution in [2.24, 2.45) is 17.3 Å². The zero-order valence-corrected chi connectivity index (χ0v) is 12.2. The van der Waals surface area contributed by atoms with Gasteiger partial charge in [-0.25, -0.2) is 0 Å². The van der Waals surface area contributed by atoms with E-state index in [4.69, 9.17) is 0 Å². The molecule has 0 amide bonds. The first-order valence-corrected chi connectivity index (χ1v) is 8.37. The molecule has 4 aliphatic rings. The highest BCUT2D eigenvalue weighted by atomic mass is 16.4. The molecule has 1 N–H and O–H groups in total. The molecule has 0 radical (unpaired) electrons. The molecule has 2 fully saturated rings. The molecule has 2 unspecified atom stereocenters. The van der Waals surface area contributed by atoms with E-state index in [-0.39, 0.29) is 5.41 Å². The lowest BCUT2D eigenvalue weighted by atomic mass is 9.57. The van der Waals surface area contributed by atoms with Gasteiger partial charge in [-0.05, 0) is 80.8 Å². The summed E-state index contributed by atoms with van der Waals surface area (Å²) in [5.74, 6) is 0.515. The fraction of sp³-hybridized carbons (Fsp3) is 0.722. The second-order valence-electron chi connectivity index (χ2n) is 7.23. The average Bonchev–Trinajstić information content (AvgIpc) is 2.92. The maximum atomic E-state index is 11.9. The summed E-state index contributed by atoms with van der Waals surface area (Å²) in [5, 5.41) is 9.79. The summed E-state index contributed by atoms with van der Waals surface area (Å²) in [4.78, 5) is 11.9. The Hall–Kier alpha value is -1.05. The Bertz CT molecular complexity index is 514. The highest BCUT2D eigenvalue weighted by molar-refractivity contribution is 5.76. The molecule has 4 aliphatic carbocycles. The van der Waals surface area contributed by atoms with Gasteiger partial charge in [0.05, 0.1) is 5.41 Å². The van der Waals surface area contributed by atoms with Crippen LogP contribution in [-0.4, -0.2) is 11.1 Å². The molecule has 0 aliphatic heterocycles. The van der Waals surface area contributed by atoms with Gasteiger partial charge in [-0.15, -0.1) is 0 Å². The number of carboxylic acid groups (broad SMARTS) is 1. The number of aliphatic carboxylic acids is 1. The van der Waals surface area contributed by atoms with Gasteiger partial charge < -0.3 is 5.11 Å². The Morgan fingerprint density at radius 2 is 2.05 bits per heavy atom. The summed E-state index contributed by atoms with van der Waals surface area (Å²) >= 11 is 0. The smallest absolute Gasteiger partial charge is 0.309 e. The van der Waals surface area contributed by atoms with E-state index in [1.165, 1.54) is 32.1 Å². The lowest BCUT2D eigenvalue weighted by molar-refractivity contribution is -0.154. The molecule has 2 heteroatoms. The van der Waals surface area contributed by atoms with Crippen LogP contribution in [0.25, 0.3) is 0 Å². The zero-order valence-electron chi connectivity index (χ0n) is 12.2. The van der Waals surface area contributed by atoms with Crippen molar-refractivity contribution in [2.75, 3.05) is 0 Å². The highest BCUT2D eigenvalue weighted by Gasteiger charge is 2.55. The van der Waals surface area contributed by atoms with Gasteiger partial charge in [-0.2, -0.15) is 0 Å². The number of carboxylic acids is 1. The summed E-state index contributed by atoms with van der Waals surface area (Å²) in [6.07, 6.45) is 13.8. The van der Waals surface area contributed by atoms with Gasteiger partial charge in [0.15, 0.2) is 0 Å². The molecule has 0 aromatic rings. The van der Waals surface area contributed by atoms with E-state index in [1.807, 2.05) is 0 Å². The molecule has 2 nitrogen and oxygen atoms in total. The van der Waals surface area contributed by atoms with Crippen molar-refractivity contribution in [1.82, 2.24) is 0 Å². The maximum absolute atomic E-state index is 11.9. The normalized spacial score (nSPS) is 39.7. The van der Waals surface area contributed by atoms with Crippen molar-refractivity contribution >= 4 is 5.97 Å². The SMILES string of the molecule is O=C(O)[C@@]12CCCC1C1CCC3=CCCCC3=C1CC2. The van der Waals surface area contributed by atoms with Crippen LogP contribution in [0.5, 0.6) is 0 Å². The third kappa shape index (κ3) is 1.60. The van der Waals surface area contributed by atoms with Gasteiger partial charge in [-0.1, -0.05) is 18.1 Å². The molecule has 2 saturated carbocycles. The summed E-state index contributed by atoms with van der Waals surface area (Å²) in [6.45, 7) is 0. The van der Waals surface area contributed by atoms with E-state index in [0.29, 0.717) is 11.8 Å². The lowest BCUT2D eigenvalue weighted by Gasteiger charge is -2.46. The van der Waals surface area contributed by atoms with Crippen molar-refractivity contribution in [3.8, 4) is 0 Å². The van der Waals surface area contributed by atoms with E-state index in [2.05, 4.69) is 6.08 Å². The standard InChI is InChI=1S/C18H24O2/c19-17(20)18-10-3-6-16(18)15-8-7-12-4-1-2-5-13(12)14(15)9-11-18/h4,15-16H,1-3,5-11H2,(H,19,20)/t15?,16?,18-/m1/s1. The average molecular weight is 272 g/mol. The van der Waals surface area contributed by atoms with Crippen molar-refractivity contribution < 1.29 is 9.90 Å². The van der Waals surface area contributed by atoms with Crippen molar-refractivity contribution in [3.63, 3.8) is 0 Å². The fourth-order valence-electron chi connectivity index (χ4n) is 5.67. The van der Waals surface area contributed by atoms with Crippen LogP contribution in [-0.2, 0) is 4.79 Å². The van der Waals surface area contributed by atoms with E-state index < -0.39 is 5.97 Å². The van der Waals surface area contributed by atoms with Gasteiger partial charge in [0, 0.05) is 0 Å². The molecule has 108 valence electrons. The lowest BCUT2D eigenvalue weighted by Crippen LogP contribution is -2.43. The zero-order chi connectivity index (χ0) is 13.7. The Morgan fingerprint density at radius 1 is 1.15 bits per heavy atom. The first kappa shape index (κ1) is 12.7. The van der Waals surface area contributed by atoms with Crippen LogP contribution >= 0.6 is 0 Å². The van der Waals surface area contributed by atoms with Crippen LogP contribution in [0.3, 0.4) is 0 Å². The fourth-order valence-corrected chi connectivity index (χ4v) is 5.67. The van der Waals surface area contributed by atoms with Crippen LogP contribution in [0.1, 0.15) is 64.2 Å². The number of allylic oxidation sites excluding steroid dienone is 4. The van der Waals surface area contributed by atoms with Crippen LogP contribution in [0, 0.1) is 17.3 Å². The van der Waals surface area contributed by atoms with Crippen molar-refractivity contribution in [2.45, 2.75) is 64.2 Å². The van der Waals surface area contributed by atoms with Crippen molar-refractivity contribution in [3.05, 3.63) is 22.8 Å². The summed E-state index contributed by atoms with van der Waals surface area (Å²) in [5.41, 5.74) is 4.57. The molecule has 0 bridgehead atoms. The molecular weight excluding hydrogens is 248 g/mol. The van der Waals surface area contributed by atoms with E-state index in [1.54, 1.807) is 16.7 Å². The topological polar surface area (TPSA) is 37.3 Å². The number of hydrogen-bond donors (Lipinski definition) is 1. The summed E-state index contributed by atoms with van der Waals surface area (Å²) < 4.78 is 0. The van der Waals surface area contributed by atoms with Gasteiger partial charge >= 0.3 is 5.97 Å². The van der Waals surface area contributed by atoms with Gasteiger partial charge in [-0.3, -0.25) is 4.79 Å². The maximum Gasteiger partial charge on any atom is 0.309 e. The Balaban J connectivity index is 1.75. The molecule has 0 heterocycles. The van der Waals surface area contributed by atoms with Gasteiger partial charge in [0.2, 0.25) is 0 Å². The Morgan fingerprint density at radius 3 is 2.90 bits per heavy atom. The van der Waals surface area contributed by atoms with Crippen molar-refractivity contribution in [1.29, 1.82) is 0 Å². The van der Waals surface area contributed by atoms with Crippen LogP contribution in [0.2, 0.25) is 0 Å². The van der Waals surface area contributed by atoms with E-state index in [0.717, 1.165) is 32.1 Å². The first-order valence-electron chi connectivity index (χ1n) is 8.37. The first-order chi connectivity index (χ1) is 9.72. The number of carbonyl (C=O) groups is 1. The molecule has 4 rings (SSSR count). The molecular formula is C18H24O2. The van der Waals surface area contributed by atoms with E-state index >= 15 is 0 Å². The summed E-state index contributed by atoms with van der Waals surface area (Å²) in [6, 6.07) is 0. The number of hydrogen-bond acceptors (Lipinski definition) is 1. The second kappa shape index (κ2) is 4.47. The second-order valence-corrected chi connectivity index (χ2v) is 7.23. The minimum atomic E-state index is -0.506. The summed E-state index contributed by atoms with van der Waals surface area (Å²) in [7, 11) is 0. The molecule has 3 atom stereocenters. The minimum Gasteiger partial charge on any atom is -0.481 e. The molecule has 0 aromatic heterocycles. The molecule has 20 heavy (non-hydrogen) atoms. The van der Waals surface area contributed by atoms with Gasteiger partial charge in [0.25, 0.3) is 0 Å². The highest BCUT2D eigenvalue weighted by Crippen LogP contribution is 2.60. The number of rotatable bonds is 1. The van der Waals surface area contributed by atoms with Crippen LogP contribution in [0.15, 0.2) is 22.8 Å². The third-order valence-electron chi connectivity index (χ3n) is 6.57. The quantitative estimate of drug-likeness (QED) is 0.764. The largest absolute Gasteiger partial charge is 0.481 e. The molecule has 0 aromatic carbocycles. The monoisotopic (exact) mass is 272 g/mol.